The van der Waals surface area contributed by atoms with Crippen LogP contribution in [0.2, 0.25) is 0 Å². The Labute approximate surface area is 187 Å². The number of piperazine rings is 1. The third-order valence-corrected chi connectivity index (χ3v) is 5.62. The maximum atomic E-state index is 11.3. The van der Waals surface area contributed by atoms with Crippen LogP contribution >= 0.6 is 0 Å². The van der Waals surface area contributed by atoms with Gasteiger partial charge in [0.15, 0.2) is 0 Å². The van der Waals surface area contributed by atoms with E-state index < -0.39 is 6.09 Å². The van der Waals surface area contributed by atoms with Crippen LogP contribution in [0.4, 0.5) is 16.4 Å². The molecule has 0 saturated carbocycles. The van der Waals surface area contributed by atoms with Crippen molar-refractivity contribution in [2.75, 3.05) is 32.1 Å². The number of nitrogens with one attached hydrogen (secondary N) is 1. The van der Waals surface area contributed by atoms with Gasteiger partial charge >= 0.3 is 6.09 Å². The average molecular weight is 434 g/mol. The fourth-order valence-electron chi connectivity index (χ4n) is 3.92. The van der Waals surface area contributed by atoms with Gasteiger partial charge in [0.25, 0.3) is 0 Å². The quantitative estimate of drug-likeness (QED) is 0.605. The second kappa shape index (κ2) is 9.65. The normalized spacial score (nSPS) is 16.6. The van der Waals surface area contributed by atoms with Crippen LogP contribution in [0, 0.1) is 0 Å². The summed E-state index contributed by atoms with van der Waals surface area (Å²) in [5.41, 5.74) is 4.02. The van der Waals surface area contributed by atoms with Gasteiger partial charge in [-0.05, 0) is 42.3 Å². The molecule has 3 aromatic rings. The zero-order chi connectivity index (χ0) is 22.5. The van der Waals surface area contributed by atoms with Crippen LogP contribution < -0.4 is 10.1 Å². The van der Waals surface area contributed by atoms with Crippen LogP contribution in [-0.4, -0.2) is 63.8 Å². The van der Waals surface area contributed by atoms with Crippen LogP contribution in [0.25, 0.3) is 11.1 Å². The standard InChI is InChI=1S/C24H27N5O3/c1-17-15-28(10-11-29(17)24(30)31)16-18-4-3-5-21(12-18)27-23-25-13-20(14-26-23)19-6-8-22(32-2)9-7-19/h3-9,12-14,17H,10-11,15-16H2,1-2H3,(H,30,31)(H,25,26,27). The Morgan fingerprint density at radius 3 is 2.53 bits per heavy atom. The SMILES string of the molecule is COc1ccc(-c2cnc(Nc3cccc(CN4CCN(C(=O)O)C(C)C4)c3)nc2)cc1. The van der Waals surface area contributed by atoms with Crippen LogP contribution in [0.15, 0.2) is 60.9 Å². The van der Waals surface area contributed by atoms with Gasteiger partial charge in [-0.25, -0.2) is 14.8 Å². The highest BCUT2D eigenvalue weighted by Crippen LogP contribution is 2.23. The van der Waals surface area contributed by atoms with E-state index in [1.165, 1.54) is 4.90 Å². The number of amides is 1. The van der Waals surface area contributed by atoms with Crippen LogP contribution in [-0.2, 0) is 6.54 Å². The molecule has 1 unspecified atom stereocenters. The monoisotopic (exact) mass is 433 g/mol. The van der Waals surface area contributed by atoms with E-state index in [4.69, 9.17) is 4.74 Å². The van der Waals surface area contributed by atoms with Crippen molar-refractivity contribution < 1.29 is 14.6 Å². The Hall–Kier alpha value is -3.65. The van der Waals surface area contributed by atoms with E-state index in [0.29, 0.717) is 12.5 Å². The number of rotatable bonds is 6. The summed E-state index contributed by atoms with van der Waals surface area (Å²) in [4.78, 5) is 23.9. The number of ether oxygens (including phenoxy) is 1. The fraction of sp³-hybridized carbons (Fsp3) is 0.292. The predicted molar refractivity (Wildman–Crippen MR) is 123 cm³/mol. The highest BCUT2D eigenvalue weighted by molar-refractivity contribution is 5.65. The van der Waals surface area contributed by atoms with Crippen molar-refractivity contribution >= 4 is 17.7 Å². The van der Waals surface area contributed by atoms with Gasteiger partial charge in [0.1, 0.15) is 5.75 Å². The molecule has 1 aromatic heterocycles. The van der Waals surface area contributed by atoms with Crippen LogP contribution in [0.3, 0.4) is 0 Å². The first-order valence-electron chi connectivity index (χ1n) is 10.6. The number of anilines is 2. The van der Waals surface area contributed by atoms with Gasteiger partial charge in [0.05, 0.1) is 7.11 Å². The topological polar surface area (TPSA) is 90.8 Å². The second-order valence-electron chi connectivity index (χ2n) is 7.91. The zero-order valence-electron chi connectivity index (χ0n) is 18.2. The summed E-state index contributed by atoms with van der Waals surface area (Å²) >= 11 is 0. The molecule has 1 saturated heterocycles. The second-order valence-corrected chi connectivity index (χ2v) is 7.91. The molecule has 166 valence electrons. The van der Waals surface area contributed by atoms with Gasteiger partial charge in [0.2, 0.25) is 5.95 Å². The van der Waals surface area contributed by atoms with Crippen molar-refractivity contribution in [2.24, 2.45) is 0 Å². The van der Waals surface area contributed by atoms with Gasteiger partial charge in [0, 0.05) is 55.9 Å². The van der Waals surface area contributed by atoms with Gasteiger partial charge in [-0.15, -0.1) is 0 Å². The number of nitrogens with zero attached hydrogens (tertiary/aromatic N) is 4. The van der Waals surface area contributed by atoms with Gasteiger partial charge in [-0.2, -0.15) is 0 Å². The third-order valence-electron chi connectivity index (χ3n) is 5.62. The van der Waals surface area contributed by atoms with E-state index in [1.807, 2.05) is 43.3 Å². The van der Waals surface area contributed by atoms with Crippen molar-refractivity contribution in [3.8, 4) is 16.9 Å². The summed E-state index contributed by atoms with van der Waals surface area (Å²) in [6.45, 7) is 4.70. The molecular weight excluding hydrogens is 406 g/mol. The molecule has 1 aliphatic rings. The maximum absolute atomic E-state index is 11.3. The largest absolute Gasteiger partial charge is 0.497 e. The van der Waals surface area contributed by atoms with Gasteiger partial charge in [-0.1, -0.05) is 24.3 Å². The molecule has 8 nitrogen and oxygen atoms in total. The average Bonchev–Trinajstić information content (AvgIpc) is 2.80. The number of aromatic nitrogens is 2. The highest BCUT2D eigenvalue weighted by atomic mass is 16.5. The lowest BCUT2D eigenvalue weighted by atomic mass is 10.1. The first-order chi connectivity index (χ1) is 15.5. The Bertz CT molecular complexity index is 1060. The molecule has 0 bridgehead atoms. The molecule has 2 aromatic carbocycles. The Kier molecular flexibility index (Phi) is 6.51. The highest BCUT2D eigenvalue weighted by Gasteiger charge is 2.26. The van der Waals surface area contributed by atoms with Crippen molar-refractivity contribution in [3.05, 3.63) is 66.5 Å². The Morgan fingerprint density at radius 2 is 1.88 bits per heavy atom. The molecule has 32 heavy (non-hydrogen) atoms. The zero-order valence-corrected chi connectivity index (χ0v) is 18.2. The molecule has 8 heteroatoms. The van der Waals surface area contributed by atoms with E-state index in [-0.39, 0.29) is 6.04 Å². The number of carboxylic acid groups (broad SMARTS) is 1. The predicted octanol–water partition coefficient (Wildman–Crippen LogP) is 4.08. The number of methoxy groups -OCH3 is 1. The molecule has 2 heterocycles. The molecular formula is C24H27N5O3. The summed E-state index contributed by atoms with van der Waals surface area (Å²) in [6.07, 6.45) is 2.75. The van der Waals surface area contributed by atoms with Crippen LogP contribution in [0.1, 0.15) is 12.5 Å². The van der Waals surface area contributed by atoms with Gasteiger partial charge in [-0.3, -0.25) is 4.90 Å². The number of benzene rings is 2. The number of hydrogen-bond donors (Lipinski definition) is 2. The van der Waals surface area contributed by atoms with E-state index in [2.05, 4.69) is 32.3 Å². The lowest BCUT2D eigenvalue weighted by molar-refractivity contribution is 0.0711. The lowest BCUT2D eigenvalue weighted by Gasteiger charge is -2.38. The maximum Gasteiger partial charge on any atom is 0.407 e. The third kappa shape index (κ3) is 5.15. The molecule has 0 radical (unpaired) electrons. The van der Waals surface area contributed by atoms with E-state index >= 15 is 0 Å². The first-order valence-corrected chi connectivity index (χ1v) is 10.6. The molecule has 0 spiro atoms. The van der Waals surface area contributed by atoms with Crippen molar-refractivity contribution in [1.82, 2.24) is 19.8 Å². The molecule has 2 N–H and O–H groups in total. The van der Waals surface area contributed by atoms with E-state index in [0.717, 1.165) is 47.8 Å². The molecule has 4 rings (SSSR count). The number of hydrogen-bond acceptors (Lipinski definition) is 6. The molecule has 1 amide bonds. The minimum atomic E-state index is -0.846. The molecule has 1 aliphatic heterocycles. The van der Waals surface area contributed by atoms with Crippen molar-refractivity contribution in [1.29, 1.82) is 0 Å². The molecule has 1 fully saturated rings. The lowest BCUT2D eigenvalue weighted by Crippen LogP contribution is -2.53. The minimum absolute atomic E-state index is 0.0137. The van der Waals surface area contributed by atoms with Gasteiger partial charge < -0.3 is 20.1 Å². The number of carbonyl (C=O) groups is 1. The summed E-state index contributed by atoms with van der Waals surface area (Å²) in [6, 6.07) is 15.9. The Balaban J connectivity index is 1.38. The van der Waals surface area contributed by atoms with Crippen LogP contribution in [0.5, 0.6) is 5.75 Å². The molecule has 1 atom stereocenters. The van der Waals surface area contributed by atoms with E-state index in [1.54, 1.807) is 19.5 Å². The summed E-state index contributed by atoms with van der Waals surface area (Å²) in [7, 11) is 1.65. The van der Waals surface area contributed by atoms with E-state index in [9.17, 15) is 9.90 Å². The fourth-order valence-corrected chi connectivity index (χ4v) is 3.92. The summed E-state index contributed by atoms with van der Waals surface area (Å²) in [5.74, 6) is 1.34. The minimum Gasteiger partial charge on any atom is -0.497 e. The van der Waals surface area contributed by atoms with Crippen molar-refractivity contribution in [3.63, 3.8) is 0 Å². The smallest absolute Gasteiger partial charge is 0.407 e. The first kappa shape index (κ1) is 21.6. The Morgan fingerprint density at radius 1 is 1.12 bits per heavy atom. The summed E-state index contributed by atoms with van der Waals surface area (Å²) < 4.78 is 5.20. The summed E-state index contributed by atoms with van der Waals surface area (Å²) in [5, 5.41) is 12.5. The van der Waals surface area contributed by atoms with Crippen molar-refractivity contribution in [2.45, 2.75) is 19.5 Å². The molecule has 0 aliphatic carbocycles.